The predicted octanol–water partition coefficient (Wildman–Crippen LogP) is 3.69. The van der Waals surface area contributed by atoms with Crippen molar-refractivity contribution in [3.05, 3.63) is 57.6 Å². The summed E-state index contributed by atoms with van der Waals surface area (Å²) in [4.78, 5) is 36.0. The minimum Gasteiger partial charge on any atom is -0.493 e. The molecule has 0 aliphatic heterocycles. The highest BCUT2D eigenvalue weighted by Crippen LogP contribution is 2.33. The maximum Gasteiger partial charge on any atom is 0.308 e. The van der Waals surface area contributed by atoms with E-state index in [0.29, 0.717) is 37.2 Å². The van der Waals surface area contributed by atoms with E-state index in [1.165, 1.54) is 33.5 Å². The smallest absolute Gasteiger partial charge is 0.308 e. The highest BCUT2D eigenvalue weighted by Gasteiger charge is 2.29. The number of ether oxygens (including phenoxy) is 3. The van der Waals surface area contributed by atoms with Crippen LogP contribution in [-0.4, -0.2) is 44.2 Å². The zero-order chi connectivity index (χ0) is 24.7. The van der Waals surface area contributed by atoms with Crippen molar-refractivity contribution in [1.29, 1.82) is 0 Å². The summed E-state index contributed by atoms with van der Waals surface area (Å²) in [6.07, 6.45) is 2.51. The third-order valence-corrected chi connectivity index (χ3v) is 5.99. The van der Waals surface area contributed by atoms with Gasteiger partial charge in [0.05, 0.1) is 37.7 Å². The van der Waals surface area contributed by atoms with Crippen LogP contribution in [0.2, 0.25) is 0 Å². The predicted molar refractivity (Wildman–Crippen MR) is 125 cm³/mol. The third-order valence-electron chi connectivity index (χ3n) is 5.99. The number of hydrogen-bond acceptors (Lipinski definition) is 8. The lowest BCUT2D eigenvalue weighted by Crippen LogP contribution is -2.31. The molecule has 0 bridgehead atoms. The number of nitrogens with zero attached hydrogens (tertiary/aromatic N) is 1. The Morgan fingerprint density at radius 1 is 1.03 bits per heavy atom. The Morgan fingerprint density at radius 2 is 1.74 bits per heavy atom. The van der Waals surface area contributed by atoms with Crippen molar-refractivity contribution >= 4 is 23.3 Å². The van der Waals surface area contributed by atoms with Crippen LogP contribution in [0.4, 0.5) is 11.4 Å². The van der Waals surface area contributed by atoms with Crippen molar-refractivity contribution in [2.75, 3.05) is 26.6 Å². The molecule has 10 heteroatoms. The van der Waals surface area contributed by atoms with Gasteiger partial charge in [0, 0.05) is 18.7 Å². The van der Waals surface area contributed by atoms with Crippen LogP contribution in [0.3, 0.4) is 0 Å². The van der Waals surface area contributed by atoms with Gasteiger partial charge in [0.2, 0.25) is 0 Å². The molecule has 2 aromatic rings. The second-order valence-corrected chi connectivity index (χ2v) is 8.04. The molecule has 34 heavy (non-hydrogen) atoms. The molecule has 2 N–H and O–H groups in total. The van der Waals surface area contributed by atoms with Gasteiger partial charge in [0.15, 0.2) is 11.5 Å². The Labute approximate surface area is 197 Å². The third kappa shape index (κ3) is 5.75. The van der Waals surface area contributed by atoms with E-state index in [2.05, 4.69) is 10.6 Å². The van der Waals surface area contributed by atoms with Gasteiger partial charge in [-0.15, -0.1) is 0 Å². The van der Waals surface area contributed by atoms with E-state index in [4.69, 9.17) is 14.2 Å². The molecule has 10 nitrogen and oxygen atoms in total. The van der Waals surface area contributed by atoms with Gasteiger partial charge in [-0.1, -0.05) is 12.1 Å². The van der Waals surface area contributed by atoms with E-state index in [-0.39, 0.29) is 41.4 Å². The van der Waals surface area contributed by atoms with E-state index in [9.17, 15) is 19.7 Å². The molecule has 1 aliphatic rings. The minimum absolute atomic E-state index is 0.0978. The number of amides is 1. The van der Waals surface area contributed by atoms with Gasteiger partial charge in [0.1, 0.15) is 5.69 Å². The lowest BCUT2D eigenvalue weighted by molar-refractivity contribution is -0.384. The van der Waals surface area contributed by atoms with Crippen LogP contribution < -0.4 is 20.1 Å². The summed E-state index contributed by atoms with van der Waals surface area (Å²) in [5.41, 5.74) is 0.976. The minimum atomic E-state index is -0.506. The first-order valence-electron chi connectivity index (χ1n) is 11.0. The number of hydrogen-bond donors (Lipinski definition) is 2. The number of nitro benzene ring substituents is 1. The van der Waals surface area contributed by atoms with E-state index >= 15 is 0 Å². The number of carbonyl (C=O) groups excluding carboxylic acids is 2. The van der Waals surface area contributed by atoms with Crippen LogP contribution in [-0.2, 0) is 16.1 Å². The van der Waals surface area contributed by atoms with Crippen molar-refractivity contribution in [3.8, 4) is 11.5 Å². The molecule has 0 unspecified atom stereocenters. The summed E-state index contributed by atoms with van der Waals surface area (Å²) in [6, 6.07) is 9.61. The zero-order valence-electron chi connectivity index (χ0n) is 19.5. The number of nitrogens with one attached hydrogen (secondary N) is 2. The highest BCUT2D eigenvalue weighted by molar-refractivity contribution is 6.01. The molecule has 1 saturated carbocycles. The quantitative estimate of drug-likeness (QED) is 0.322. The first-order valence-corrected chi connectivity index (χ1v) is 11.0. The molecule has 0 aromatic heterocycles. The molecule has 1 fully saturated rings. The molecule has 0 spiro atoms. The second kappa shape index (κ2) is 11.4. The monoisotopic (exact) mass is 471 g/mol. The summed E-state index contributed by atoms with van der Waals surface area (Å²) in [6.45, 7) is 0.200. The summed E-state index contributed by atoms with van der Waals surface area (Å²) in [5, 5.41) is 17.7. The Kier molecular flexibility index (Phi) is 8.29. The van der Waals surface area contributed by atoms with E-state index < -0.39 is 10.8 Å². The molecule has 1 aliphatic carbocycles. The molecule has 3 rings (SSSR count). The number of rotatable bonds is 9. The maximum absolute atomic E-state index is 13.0. The van der Waals surface area contributed by atoms with Crippen molar-refractivity contribution in [3.63, 3.8) is 0 Å². The normalized spacial score (nSPS) is 17.4. The fraction of sp³-hybridized carbons (Fsp3) is 0.417. The van der Waals surface area contributed by atoms with Gasteiger partial charge >= 0.3 is 5.97 Å². The number of nitro groups is 1. The summed E-state index contributed by atoms with van der Waals surface area (Å²) in [5.74, 6) is 0.265. The lowest BCUT2D eigenvalue weighted by Gasteiger charge is -2.28. The highest BCUT2D eigenvalue weighted by atomic mass is 16.6. The number of carbonyl (C=O) groups is 2. The van der Waals surface area contributed by atoms with Gasteiger partial charge in [-0.05, 0) is 49.4 Å². The van der Waals surface area contributed by atoms with Crippen LogP contribution in [0.1, 0.15) is 41.6 Å². The van der Waals surface area contributed by atoms with E-state index in [0.717, 1.165) is 5.56 Å². The number of para-hydroxylation sites is 1. The van der Waals surface area contributed by atoms with Crippen LogP contribution in [0.15, 0.2) is 36.4 Å². The molecular formula is C24H29N3O7. The summed E-state index contributed by atoms with van der Waals surface area (Å²) in [7, 11) is 4.44. The lowest BCUT2D eigenvalue weighted by atomic mass is 9.86. The first-order chi connectivity index (χ1) is 16.4. The van der Waals surface area contributed by atoms with Crippen molar-refractivity contribution in [1.82, 2.24) is 5.32 Å². The van der Waals surface area contributed by atoms with Gasteiger partial charge < -0.3 is 24.8 Å². The summed E-state index contributed by atoms with van der Waals surface area (Å²) < 4.78 is 15.3. The fourth-order valence-electron chi connectivity index (χ4n) is 4.15. The topological polar surface area (TPSA) is 129 Å². The van der Waals surface area contributed by atoms with Gasteiger partial charge in [-0.3, -0.25) is 19.7 Å². The fourth-order valence-corrected chi connectivity index (χ4v) is 4.15. The number of methoxy groups -OCH3 is 3. The van der Waals surface area contributed by atoms with Crippen LogP contribution in [0.5, 0.6) is 11.5 Å². The van der Waals surface area contributed by atoms with E-state index in [1.807, 2.05) is 0 Å². The molecular weight excluding hydrogens is 442 g/mol. The van der Waals surface area contributed by atoms with Gasteiger partial charge in [-0.2, -0.15) is 0 Å². The molecule has 0 heterocycles. The molecule has 182 valence electrons. The van der Waals surface area contributed by atoms with Crippen LogP contribution >= 0.6 is 0 Å². The average molecular weight is 472 g/mol. The average Bonchev–Trinajstić information content (AvgIpc) is 2.86. The number of esters is 1. The molecule has 0 radical (unpaired) electrons. The standard InChI is InChI=1S/C24H29N3O7/c1-32-20-12-7-15(13-21(20)33-2)14-25-23(28)18-5-4-6-19(27(30)31)22(18)26-17-10-8-16(9-11-17)24(29)34-3/h4-7,12-13,16-17,26H,8-11,14H2,1-3H3,(H,25,28). The van der Waals surface area contributed by atoms with Crippen molar-refractivity contribution in [2.45, 2.75) is 38.3 Å². The Balaban J connectivity index is 1.75. The SMILES string of the molecule is COC(=O)C1CCC(Nc2c(C(=O)NCc3ccc(OC)c(OC)c3)cccc2[N+](=O)[O-])CC1. The number of anilines is 1. The molecule has 0 saturated heterocycles. The van der Waals surface area contributed by atoms with Crippen LogP contribution in [0.25, 0.3) is 0 Å². The molecule has 2 aromatic carbocycles. The molecule has 0 atom stereocenters. The van der Waals surface area contributed by atoms with E-state index in [1.54, 1.807) is 24.3 Å². The Morgan fingerprint density at radius 3 is 2.35 bits per heavy atom. The number of benzene rings is 2. The largest absolute Gasteiger partial charge is 0.493 e. The Bertz CT molecular complexity index is 1050. The Hall–Kier alpha value is -3.82. The zero-order valence-corrected chi connectivity index (χ0v) is 19.5. The van der Waals surface area contributed by atoms with Crippen molar-refractivity contribution < 1.29 is 28.7 Å². The van der Waals surface area contributed by atoms with Crippen molar-refractivity contribution in [2.24, 2.45) is 5.92 Å². The first kappa shape index (κ1) is 24.8. The summed E-state index contributed by atoms with van der Waals surface area (Å²) >= 11 is 0. The maximum atomic E-state index is 13.0. The molecule has 1 amide bonds. The second-order valence-electron chi connectivity index (χ2n) is 8.04. The van der Waals surface area contributed by atoms with Gasteiger partial charge in [-0.25, -0.2) is 0 Å². The van der Waals surface area contributed by atoms with Crippen LogP contribution in [0, 0.1) is 16.0 Å². The van der Waals surface area contributed by atoms with Gasteiger partial charge in [0.25, 0.3) is 11.6 Å².